The summed E-state index contributed by atoms with van der Waals surface area (Å²) < 4.78 is 5.25. The number of hydrogen-bond acceptors (Lipinski definition) is 1. The quantitative estimate of drug-likeness (QED) is 0.484. The summed E-state index contributed by atoms with van der Waals surface area (Å²) >= 11 is 0. The van der Waals surface area contributed by atoms with Crippen molar-refractivity contribution in [3.05, 3.63) is 48.1 Å². The first-order chi connectivity index (χ1) is 12.3. The first-order valence-corrected chi connectivity index (χ1v) is 10.3. The van der Waals surface area contributed by atoms with Crippen LogP contribution in [0.15, 0.2) is 42.5 Å². The van der Waals surface area contributed by atoms with Crippen molar-refractivity contribution < 1.29 is 4.74 Å². The van der Waals surface area contributed by atoms with E-state index in [1.807, 2.05) is 0 Å². The fourth-order valence-electron chi connectivity index (χ4n) is 4.57. The predicted octanol–water partition coefficient (Wildman–Crippen LogP) is 7.04. The second-order valence-corrected chi connectivity index (χ2v) is 7.92. The molecular formula is C24H34O. The van der Waals surface area contributed by atoms with E-state index in [-0.39, 0.29) is 0 Å². The van der Waals surface area contributed by atoms with Gasteiger partial charge < -0.3 is 4.74 Å². The Morgan fingerprint density at radius 2 is 1.76 bits per heavy atom. The van der Waals surface area contributed by atoms with Gasteiger partial charge in [0.05, 0.1) is 7.11 Å². The largest absolute Gasteiger partial charge is 0.497 e. The van der Waals surface area contributed by atoms with Crippen LogP contribution in [0, 0.1) is 17.8 Å². The van der Waals surface area contributed by atoms with Crippen LogP contribution in [0.25, 0.3) is 5.57 Å². The van der Waals surface area contributed by atoms with E-state index in [9.17, 15) is 0 Å². The van der Waals surface area contributed by atoms with Crippen molar-refractivity contribution in [2.45, 2.75) is 64.7 Å². The molecule has 0 spiro atoms. The fourth-order valence-corrected chi connectivity index (χ4v) is 4.57. The maximum absolute atomic E-state index is 5.25. The van der Waals surface area contributed by atoms with Crippen LogP contribution in [-0.4, -0.2) is 7.11 Å². The van der Waals surface area contributed by atoms with Gasteiger partial charge in [0.1, 0.15) is 5.75 Å². The van der Waals surface area contributed by atoms with Crippen LogP contribution in [0.3, 0.4) is 0 Å². The summed E-state index contributed by atoms with van der Waals surface area (Å²) in [6.07, 6.45) is 20.0. The molecule has 0 amide bonds. The Kier molecular flexibility index (Phi) is 6.78. The summed E-state index contributed by atoms with van der Waals surface area (Å²) in [4.78, 5) is 0. The highest BCUT2D eigenvalue weighted by molar-refractivity contribution is 5.75. The molecule has 3 rings (SSSR count). The first kappa shape index (κ1) is 18.3. The van der Waals surface area contributed by atoms with Gasteiger partial charge in [0.25, 0.3) is 0 Å². The van der Waals surface area contributed by atoms with E-state index in [4.69, 9.17) is 4.74 Å². The molecule has 0 saturated heterocycles. The van der Waals surface area contributed by atoms with Crippen molar-refractivity contribution >= 4 is 5.57 Å². The van der Waals surface area contributed by atoms with Crippen LogP contribution in [0.1, 0.15) is 70.3 Å². The van der Waals surface area contributed by atoms with Crippen LogP contribution in [0.4, 0.5) is 0 Å². The van der Waals surface area contributed by atoms with Crippen molar-refractivity contribution in [1.29, 1.82) is 0 Å². The third-order valence-corrected chi connectivity index (χ3v) is 6.27. The van der Waals surface area contributed by atoms with Crippen LogP contribution in [-0.2, 0) is 0 Å². The highest BCUT2D eigenvalue weighted by Crippen LogP contribution is 2.39. The van der Waals surface area contributed by atoms with Gasteiger partial charge in [-0.1, -0.05) is 75.8 Å². The summed E-state index contributed by atoms with van der Waals surface area (Å²) in [6.45, 7) is 2.31. The molecule has 0 heterocycles. The molecular weight excluding hydrogens is 304 g/mol. The van der Waals surface area contributed by atoms with Crippen molar-refractivity contribution in [2.24, 2.45) is 17.8 Å². The van der Waals surface area contributed by atoms with E-state index < -0.39 is 0 Å². The fraction of sp³-hybridized carbons (Fsp3) is 0.583. The van der Waals surface area contributed by atoms with Gasteiger partial charge in [-0.25, -0.2) is 0 Å². The highest BCUT2D eigenvalue weighted by atomic mass is 16.5. The van der Waals surface area contributed by atoms with E-state index in [1.165, 1.54) is 68.9 Å². The average Bonchev–Trinajstić information content (AvgIpc) is 2.69. The zero-order valence-electron chi connectivity index (χ0n) is 16.0. The second-order valence-electron chi connectivity index (χ2n) is 7.92. The van der Waals surface area contributed by atoms with E-state index in [2.05, 4.69) is 49.4 Å². The second kappa shape index (κ2) is 9.27. The normalized spacial score (nSPS) is 26.3. The predicted molar refractivity (Wildman–Crippen MR) is 108 cm³/mol. The van der Waals surface area contributed by atoms with Gasteiger partial charge in [-0.3, -0.25) is 0 Å². The monoisotopic (exact) mass is 338 g/mol. The van der Waals surface area contributed by atoms with Crippen LogP contribution >= 0.6 is 0 Å². The molecule has 1 heteroatoms. The maximum Gasteiger partial charge on any atom is 0.118 e. The number of rotatable bonds is 7. The van der Waals surface area contributed by atoms with Crippen molar-refractivity contribution in [3.63, 3.8) is 0 Å². The molecule has 0 radical (unpaired) electrons. The Morgan fingerprint density at radius 1 is 1.00 bits per heavy atom. The van der Waals surface area contributed by atoms with Crippen molar-refractivity contribution in [3.8, 4) is 5.75 Å². The minimum atomic E-state index is 0.763. The summed E-state index contributed by atoms with van der Waals surface area (Å²) in [6, 6.07) is 8.43. The lowest BCUT2D eigenvalue weighted by Gasteiger charge is -2.33. The third kappa shape index (κ3) is 5.00. The minimum absolute atomic E-state index is 0.763. The minimum Gasteiger partial charge on any atom is -0.497 e. The summed E-state index contributed by atoms with van der Waals surface area (Å²) in [7, 11) is 1.72. The van der Waals surface area contributed by atoms with E-state index in [1.54, 1.807) is 7.11 Å². The van der Waals surface area contributed by atoms with E-state index >= 15 is 0 Å². The smallest absolute Gasteiger partial charge is 0.118 e. The van der Waals surface area contributed by atoms with Crippen molar-refractivity contribution in [2.75, 3.05) is 7.11 Å². The Labute approximate surface area is 154 Å². The molecule has 2 aliphatic carbocycles. The molecule has 1 saturated carbocycles. The lowest BCUT2D eigenvalue weighted by atomic mass is 9.72. The summed E-state index contributed by atoms with van der Waals surface area (Å²) in [5.41, 5.74) is 2.67. The molecule has 0 bridgehead atoms. The molecule has 0 N–H and O–H groups in total. The maximum atomic E-state index is 5.25. The molecule has 1 fully saturated rings. The number of hydrogen-bond donors (Lipinski definition) is 0. The molecule has 0 aromatic heterocycles. The zero-order chi connectivity index (χ0) is 17.5. The third-order valence-electron chi connectivity index (χ3n) is 6.27. The van der Waals surface area contributed by atoms with Crippen molar-refractivity contribution in [1.82, 2.24) is 0 Å². The summed E-state index contributed by atoms with van der Waals surface area (Å²) in [5.74, 6) is 3.62. The lowest BCUT2D eigenvalue weighted by molar-refractivity contribution is 0.219. The van der Waals surface area contributed by atoms with E-state index in [0.717, 1.165) is 23.5 Å². The van der Waals surface area contributed by atoms with Crippen LogP contribution in [0.2, 0.25) is 0 Å². The number of ether oxygens (including phenoxy) is 1. The Balaban J connectivity index is 1.47. The van der Waals surface area contributed by atoms with Gasteiger partial charge in [-0.2, -0.15) is 0 Å². The summed E-state index contributed by atoms with van der Waals surface area (Å²) in [5, 5.41) is 0. The lowest BCUT2D eigenvalue weighted by Crippen LogP contribution is -2.21. The number of methoxy groups -OCH3 is 1. The molecule has 0 aliphatic heterocycles. The Hall–Kier alpha value is -1.50. The molecule has 1 unspecified atom stereocenters. The van der Waals surface area contributed by atoms with Gasteiger partial charge in [-0.15, -0.1) is 0 Å². The molecule has 1 aromatic carbocycles. The van der Waals surface area contributed by atoms with Gasteiger partial charge in [0.2, 0.25) is 0 Å². The van der Waals surface area contributed by atoms with Crippen LogP contribution < -0.4 is 4.74 Å². The SMILES string of the molecule is CCCCCC1CCC(C2C=CC(c3ccc(OC)cc3)=CC2)CC1. The Morgan fingerprint density at radius 3 is 2.36 bits per heavy atom. The molecule has 1 nitrogen and oxygen atoms in total. The average molecular weight is 339 g/mol. The number of unbranched alkanes of at least 4 members (excludes halogenated alkanes) is 2. The molecule has 1 atom stereocenters. The van der Waals surface area contributed by atoms with E-state index in [0.29, 0.717) is 0 Å². The first-order valence-electron chi connectivity index (χ1n) is 10.3. The van der Waals surface area contributed by atoms with Gasteiger partial charge in [0.15, 0.2) is 0 Å². The standard InChI is InChI=1S/C24H34O/c1-3-4-5-6-19-7-9-20(10-8-19)21-11-13-22(14-12-21)23-15-17-24(25-2)18-16-23/h11,13-21H,3-10,12H2,1-2H3. The Bertz CT molecular complexity index is 573. The molecule has 2 aliphatic rings. The topological polar surface area (TPSA) is 9.23 Å². The zero-order valence-corrected chi connectivity index (χ0v) is 16.0. The van der Waals surface area contributed by atoms with Gasteiger partial charge >= 0.3 is 0 Å². The molecule has 136 valence electrons. The number of benzene rings is 1. The van der Waals surface area contributed by atoms with Crippen LogP contribution in [0.5, 0.6) is 5.75 Å². The molecule has 1 aromatic rings. The number of allylic oxidation sites excluding steroid dienone is 4. The van der Waals surface area contributed by atoms with Gasteiger partial charge in [0, 0.05) is 0 Å². The molecule has 25 heavy (non-hydrogen) atoms. The highest BCUT2D eigenvalue weighted by Gasteiger charge is 2.26. The van der Waals surface area contributed by atoms with Gasteiger partial charge in [-0.05, 0) is 60.3 Å².